The van der Waals surface area contributed by atoms with E-state index in [1.807, 2.05) is 24.3 Å². The number of benzene rings is 1. The first-order valence-corrected chi connectivity index (χ1v) is 6.21. The average Bonchev–Trinajstić information content (AvgIpc) is 2.66. The van der Waals surface area contributed by atoms with Crippen LogP contribution in [0, 0.1) is 11.8 Å². The summed E-state index contributed by atoms with van der Waals surface area (Å²) >= 11 is 0. The van der Waals surface area contributed by atoms with Crippen LogP contribution >= 0.6 is 0 Å². The summed E-state index contributed by atoms with van der Waals surface area (Å²) in [5.74, 6) is -0.230. The zero-order valence-corrected chi connectivity index (χ0v) is 11.0. The number of hydrogen-bond donors (Lipinski definition) is 1. The van der Waals surface area contributed by atoms with Gasteiger partial charge in [-0.05, 0) is 17.7 Å². The molecule has 5 nitrogen and oxygen atoms in total. The zero-order chi connectivity index (χ0) is 13.8. The van der Waals surface area contributed by atoms with Gasteiger partial charge in [0.05, 0.1) is 26.2 Å². The first-order chi connectivity index (χ1) is 9.11. The molecule has 0 bridgehead atoms. The minimum Gasteiger partial charge on any atom is -0.497 e. The number of carbonyl (C=O) groups excluding carboxylic acids is 1. The molecule has 1 fully saturated rings. The molecule has 0 aromatic heterocycles. The maximum Gasteiger partial charge on any atom is 0.314 e. The van der Waals surface area contributed by atoms with E-state index >= 15 is 0 Å². The molecule has 2 rings (SSSR count). The number of aliphatic hydroxyl groups excluding tert-OH is 1. The van der Waals surface area contributed by atoms with E-state index in [4.69, 9.17) is 14.2 Å². The lowest BCUT2D eigenvalue weighted by Gasteiger charge is -2.12. The van der Waals surface area contributed by atoms with E-state index in [1.54, 1.807) is 14.0 Å². The normalized spacial score (nSPS) is 26.3. The number of methoxy groups -OCH3 is 1. The second kappa shape index (κ2) is 6.04. The highest BCUT2D eigenvalue weighted by Gasteiger charge is 2.40. The third-order valence-electron chi connectivity index (χ3n) is 3.35. The smallest absolute Gasteiger partial charge is 0.314 e. The maximum atomic E-state index is 11.4. The predicted octanol–water partition coefficient (Wildman–Crippen LogP) is 1.34. The van der Waals surface area contributed by atoms with Crippen LogP contribution in [0.5, 0.6) is 5.75 Å². The van der Waals surface area contributed by atoms with E-state index in [-0.39, 0.29) is 12.5 Å². The summed E-state index contributed by atoms with van der Waals surface area (Å²) in [5.41, 5.74) is 1.00. The summed E-state index contributed by atoms with van der Waals surface area (Å²) < 4.78 is 15.3. The highest BCUT2D eigenvalue weighted by molar-refractivity contribution is 5.75. The van der Waals surface area contributed by atoms with Gasteiger partial charge in [0.2, 0.25) is 6.29 Å². The molecule has 0 saturated carbocycles. The molecule has 3 atom stereocenters. The van der Waals surface area contributed by atoms with Gasteiger partial charge in [-0.3, -0.25) is 4.79 Å². The molecule has 0 amide bonds. The SMILES string of the molecule is COc1ccc(COC[C@H]2C(=O)O[C@H](O)[C@H]2C)cc1. The highest BCUT2D eigenvalue weighted by Crippen LogP contribution is 2.27. The second-order valence-corrected chi connectivity index (χ2v) is 4.66. The van der Waals surface area contributed by atoms with Gasteiger partial charge in [0.15, 0.2) is 0 Å². The van der Waals surface area contributed by atoms with E-state index in [0.29, 0.717) is 6.61 Å². The van der Waals surface area contributed by atoms with Crippen LogP contribution in [0.2, 0.25) is 0 Å². The standard InChI is InChI=1S/C14H18O5/c1-9-12(14(16)19-13(9)15)8-18-7-10-3-5-11(17-2)6-4-10/h3-6,9,12-13,15H,7-8H2,1-2H3/t9-,12+,13-/m0/s1. The van der Waals surface area contributed by atoms with Crippen molar-refractivity contribution in [2.24, 2.45) is 11.8 Å². The van der Waals surface area contributed by atoms with Gasteiger partial charge in [-0.15, -0.1) is 0 Å². The number of cyclic esters (lactones) is 1. The van der Waals surface area contributed by atoms with Gasteiger partial charge in [-0.1, -0.05) is 19.1 Å². The Morgan fingerprint density at radius 3 is 2.53 bits per heavy atom. The Labute approximate surface area is 112 Å². The molecule has 1 aromatic rings. The lowest BCUT2D eigenvalue weighted by Crippen LogP contribution is -2.22. The summed E-state index contributed by atoms with van der Waals surface area (Å²) in [4.78, 5) is 11.4. The van der Waals surface area contributed by atoms with Crippen LogP contribution < -0.4 is 4.74 Å². The van der Waals surface area contributed by atoms with Crippen molar-refractivity contribution in [2.75, 3.05) is 13.7 Å². The van der Waals surface area contributed by atoms with Gasteiger partial charge < -0.3 is 19.3 Å². The second-order valence-electron chi connectivity index (χ2n) is 4.66. The summed E-state index contributed by atoms with van der Waals surface area (Å²) in [6.07, 6.45) is -1.01. The zero-order valence-electron chi connectivity index (χ0n) is 11.0. The van der Waals surface area contributed by atoms with Crippen molar-refractivity contribution in [1.82, 2.24) is 0 Å². The molecule has 0 aliphatic carbocycles. The summed E-state index contributed by atoms with van der Waals surface area (Å²) in [6.45, 7) is 2.44. The molecule has 104 valence electrons. The van der Waals surface area contributed by atoms with Crippen LogP contribution in [0.3, 0.4) is 0 Å². The molecular weight excluding hydrogens is 248 g/mol. The molecule has 19 heavy (non-hydrogen) atoms. The fourth-order valence-electron chi connectivity index (χ4n) is 1.97. The van der Waals surface area contributed by atoms with Gasteiger partial charge in [-0.2, -0.15) is 0 Å². The molecule has 5 heteroatoms. The van der Waals surface area contributed by atoms with Gasteiger partial charge in [-0.25, -0.2) is 0 Å². The third-order valence-corrected chi connectivity index (χ3v) is 3.35. The number of carbonyl (C=O) groups is 1. The average molecular weight is 266 g/mol. The number of ether oxygens (including phenoxy) is 3. The summed E-state index contributed by atoms with van der Waals surface area (Å²) in [7, 11) is 1.61. The fraction of sp³-hybridized carbons (Fsp3) is 0.500. The maximum absolute atomic E-state index is 11.4. The minimum atomic E-state index is -1.01. The lowest BCUT2D eigenvalue weighted by atomic mass is 9.97. The Bertz CT molecular complexity index is 428. The minimum absolute atomic E-state index is 0.233. The van der Waals surface area contributed by atoms with E-state index < -0.39 is 18.2 Å². The largest absolute Gasteiger partial charge is 0.497 e. The molecule has 1 aliphatic rings. The molecule has 1 heterocycles. The van der Waals surface area contributed by atoms with Gasteiger partial charge in [0.1, 0.15) is 5.75 Å². The number of rotatable bonds is 5. The van der Waals surface area contributed by atoms with Crippen molar-refractivity contribution in [1.29, 1.82) is 0 Å². The summed E-state index contributed by atoms with van der Waals surface area (Å²) in [6, 6.07) is 7.53. The number of esters is 1. The van der Waals surface area contributed by atoms with Crippen LogP contribution in [0.25, 0.3) is 0 Å². The van der Waals surface area contributed by atoms with Crippen LogP contribution in [0.1, 0.15) is 12.5 Å². The van der Waals surface area contributed by atoms with Crippen molar-refractivity contribution < 1.29 is 24.1 Å². The fourth-order valence-corrected chi connectivity index (χ4v) is 1.97. The molecule has 1 saturated heterocycles. The molecule has 0 radical (unpaired) electrons. The highest BCUT2D eigenvalue weighted by atomic mass is 16.6. The van der Waals surface area contributed by atoms with Crippen molar-refractivity contribution in [3.05, 3.63) is 29.8 Å². The third kappa shape index (κ3) is 3.24. The van der Waals surface area contributed by atoms with Gasteiger partial charge in [0, 0.05) is 5.92 Å². The Morgan fingerprint density at radius 2 is 2.00 bits per heavy atom. The summed E-state index contributed by atoms with van der Waals surface area (Å²) in [5, 5.41) is 9.40. The monoisotopic (exact) mass is 266 g/mol. The Kier molecular flexibility index (Phi) is 4.39. The van der Waals surface area contributed by atoms with Crippen molar-refractivity contribution in [2.45, 2.75) is 19.8 Å². The quantitative estimate of drug-likeness (QED) is 0.815. The molecule has 1 aliphatic heterocycles. The van der Waals surface area contributed by atoms with Crippen LogP contribution in [-0.4, -0.2) is 31.1 Å². The van der Waals surface area contributed by atoms with Gasteiger partial charge in [0.25, 0.3) is 0 Å². The topological polar surface area (TPSA) is 65.0 Å². The molecule has 1 aromatic carbocycles. The van der Waals surface area contributed by atoms with Crippen molar-refractivity contribution >= 4 is 5.97 Å². The molecule has 0 unspecified atom stereocenters. The van der Waals surface area contributed by atoms with Crippen LogP contribution in [-0.2, 0) is 20.9 Å². The van der Waals surface area contributed by atoms with Crippen molar-refractivity contribution in [3.63, 3.8) is 0 Å². The predicted molar refractivity (Wildman–Crippen MR) is 67.4 cm³/mol. The molecular formula is C14H18O5. The van der Waals surface area contributed by atoms with E-state index in [0.717, 1.165) is 11.3 Å². The Balaban J connectivity index is 1.81. The van der Waals surface area contributed by atoms with E-state index in [9.17, 15) is 9.90 Å². The molecule has 0 spiro atoms. The van der Waals surface area contributed by atoms with Crippen molar-refractivity contribution in [3.8, 4) is 5.75 Å². The number of hydrogen-bond acceptors (Lipinski definition) is 5. The number of aliphatic hydroxyl groups is 1. The van der Waals surface area contributed by atoms with Crippen LogP contribution in [0.4, 0.5) is 0 Å². The van der Waals surface area contributed by atoms with E-state index in [2.05, 4.69) is 0 Å². The first-order valence-electron chi connectivity index (χ1n) is 6.21. The molecule has 1 N–H and O–H groups in total. The van der Waals surface area contributed by atoms with E-state index in [1.165, 1.54) is 0 Å². The van der Waals surface area contributed by atoms with Crippen LogP contribution in [0.15, 0.2) is 24.3 Å². The Morgan fingerprint density at radius 1 is 1.32 bits per heavy atom. The lowest BCUT2D eigenvalue weighted by molar-refractivity contribution is -0.157. The first kappa shape index (κ1) is 13.8. The van der Waals surface area contributed by atoms with Gasteiger partial charge >= 0.3 is 5.97 Å². The Hall–Kier alpha value is -1.59.